The van der Waals surface area contributed by atoms with Crippen LogP contribution in [-0.2, 0) is 18.9 Å². The minimum Gasteiger partial charge on any atom is -0.316 e. The fourth-order valence-corrected chi connectivity index (χ4v) is 2.90. The summed E-state index contributed by atoms with van der Waals surface area (Å²) in [4.78, 5) is 1.52. The molecule has 0 bridgehead atoms. The quantitative estimate of drug-likeness (QED) is 0.870. The molecular weight excluding hydrogens is 238 g/mol. The number of rotatable bonds is 5. The molecule has 0 aliphatic heterocycles. The zero-order valence-corrected chi connectivity index (χ0v) is 11.4. The third kappa shape index (κ3) is 2.26. The van der Waals surface area contributed by atoms with Gasteiger partial charge in [0.15, 0.2) is 5.82 Å². The van der Waals surface area contributed by atoms with Crippen molar-refractivity contribution in [3.8, 4) is 0 Å². The Bertz CT molecular complexity index is 544. The van der Waals surface area contributed by atoms with Crippen LogP contribution < -0.4 is 5.32 Å². The Hall–Kier alpha value is -1.75. The fraction of sp³-hybridized carbons (Fsp3) is 0.500. The van der Waals surface area contributed by atoms with Gasteiger partial charge in [-0.3, -0.25) is 0 Å². The molecule has 1 saturated carbocycles. The van der Waals surface area contributed by atoms with Crippen molar-refractivity contribution < 1.29 is 0 Å². The summed E-state index contributed by atoms with van der Waals surface area (Å²) in [6.07, 6.45) is 3.27. The van der Waals surface area contributed by atoms with E-state index in [1.54, 1.807) is 7.05 Å². The molecule has 1 aliphatic rings. The predicted molar refractivity (Wildman–Crippen MR) is 72.7 cm³/mol. The molecule has 0 spiro atoms. The number of aromatic nitrogens is 4. The smallest absolute Gasteiger partial charge is 0.176 e. The van der Waals surface area contributed by atoms with Crippen molar-refractivity contribution >= 4 is 0 Å². The number of nitrogens with one attached hydrogen (secondary N) is 1. The maximum absolute atomic E-state index is 4.29. The molecule has 5 nitrogen and oxygen atoms in total. The zero-order valence-electron chi connectivity index (χ0n) is 11.4. The standard InChI is InChI=1S/C14H19N5/c1-15-12(10-13-16-18-19(2)17-13)14(8-9-14)11-6-4-3-5-7-11/h3-7,12,15H,8-10H2,1-2H3. The highest BCUT2D eigenvalue weighted by Gasteiger charge is 2.50. The summed E-state index contributed by atoms with van der Waals surface area (Å²) < 4.78 is 0. The molecule has 1 unspecified atom stereocenters. The van der Waals surface area contributed by atoms with E-state index in [1.807, 2.05) is 7.05 Å². The normalized spacial score (nSPS) is 18.2. The number of aryl methyl sites for hydroxylation is 1. The van der Waals surface area contributed by atoms with Gasteiger partial charge >= 0.3 is 0 Å². The maximum Gasteiger partial charge on any atom is 0.176 e. The molecule has 0 saturated heterocycles. The first-order chi connectivity index (χ1) is 9.24. The topological polar surface area (TPSA) is 55.6 Å². The molecule has 1 heterocycles. The Morgan fingerprint density at radius 1 is 1.32 bits per heavy atom. The van der Waals surface area contributed by atoms with Crippen LogP contribution in [0.4, 0.5) is 0 Å². The predicted octanol–water partition coefficient (Wildman–Crippen LogP) is 1.07. The third-order valence-electron chi connectivity index (χ3n) is 4.09. The summed E-state index contributed by atoms with van der Waals surface area (Å²) in [6, 6.07) is 11.1. The van der Waals surface area contributed by atoms with Crippen molar-refractivity contribution in [2.24, 2.45) is 7.05 Å². The number of nitrogens with zero attached hydrogens (tertiary/aromatic N) is 4. The van der Waals surface area contributed by atoms with Crippen molar-refractivity contribution in [3.63, 3.8) is 0 Å². The van der Waals surface area contributed by atoms with E-state index in [0.717, 1.165) is 12.2 Å². The third-order valence-corrected chi connectivity index (χ3v) is 4.09. The number of benzene rings is 1. The van der Waals surface area contributed by atoms with Crippen LogP contribution in [0, 0.1) is 0 Å². The molecular formula is C14H19N5. The molecule has 19 heavy (non-hydrogen) atoms. The highest BCUT2D eigenvalue weighted by molar-refractivity contribution is 5.34. The first-order valence-electron chi connectivity index (χ1n) is 6.70. The molecule has 5 heteroatoms. The first-order valence-corrected chi connectivity index (χ1v) is 6.70. The lowest BCUT2D eigenvalue weighted by atomic mass is 9.86. The second-order valence-electron chi connectivity index (χ2n) is 5.26. The van der Waals surface area contributed by atoms with Crippen LogP contribution >= 0.6 is 0 Å². The van der Waals surface area contributed by atoms with Gasteiger partial charge in [-0.1, -0.05) is 30.3 Å². The number of hydrogen-bond acceptors (Lipinski definition) is 4. The molecule has 1 aliphatic carbocycles. The highest BCUT2D eigenvalue weighted by atomic mass is 15.6. The van der Waals surface area contributed by atoms with Gasteiger partial charge in [0.1, 0.15) is 0 Å². The molecule has 1 N–H and O–H groups in total. The van der Waals surface area contributed by atoms with Crippen molar-refractivity contribution in [2.75, 3.05) is 7.05 Å². The molecule has 0 radical (unpaired) electrons. The Kier molecular flexibility index (Phi) is 3.06. The van der Waals surface area contributed by atoms with Gasteiger partial charge in [-0.2, -0.15) is 4.80 Å². The van der Waals surface area contributed by atoms with Gasteiger partial charge in [0.25, 0.3) is 0 Å². The summed E-state index contributed by atoms with van der Waals surface area (Å²) >= 11 is 0. The lowest BCUT2D eigenvalue weighted by Gasteiger charge is -2.26. The monoisotopic (exact) mass is 257 g/mol. The fourth-order valence-electron chi connectivity index (χ4n) is 2.90. The summed E-state index contributed by atoms with van der Waals surface area (Å²) in [7, 11) is 3.82. The summed E-state index contributed by atoms with van der Waals surface area (Å²) in [5.41, 5.74) is 1.66. The van der Waals surface area contributed by atoms with Gasteiger partial charge in [-0.05, 0) is 30.7 Å². The van der Waals surface area contributed by atoms with Gasteiger partial charge in [0.2, 0.25) is 0 Å². The largest absolute Gasteiger partial charge is 0.316 e. The Labute approximate surface area is 113 Å². The average molecular weight is 257 g/mol. The summed E-state index contributed by atoms with van der Waals surface area (Å²) in [6.45, 7) is 0. The van der Waals surface area contributed by atoms with E-state index in [2.05, 4.69) is 51.1 Å². The Morgan fingerprint density at radius 2 is 2.05 bits per heavy atom. The van der Waals surface area contributed by atoms with Crippen molar-refractivity contribution in [2.45, 2.75) is 30.7 Å². The van der Waals surface area contributed by atoms with Crippen LogP contribution in [0.1, 0.15) is 24.2 Å². The Balaban J connectivity index is 1.82. The van der Waals surface area contributed by atoms with Crippen LogP contribution in [0.3, 0.4) is 0 Å². The van der Waals surface area contributed by atoms with Gasteiger partial charge in [-0.15, -0.1) is 10.2 Å². The van der Waals surface area contributed by atoms with Gasteiger partial charge in [0, 0.05) is 17.9 Å². The molecule has 1 atom stereocenters. The van der Waals surface area contributed by atoms with Crippen LogP contribution in [0.15, 0.2) is 30.3 Å². The van der Waals surface area contributed by atoms with Gasteiger partial charge in [-0.25, -0.2) is 0 Å². The number of tetrazole rings is 1. The van der Waals surface area contributed by atoms with Crippen molar-refractivity contribution in [3.05, 3.63) is 41.7 Å². The van der Waals surface area contributed by atoms with Crippen LogP contribution in [0.25, 0.3) is 0 Å². The first kappa shape index (κ1) is 12.3. The van der Waals surface area contributed by atoms with Crippen LogP contribution in [0.2, 0.25) is 0 Å². The van der Waals surface area contributed by atoms with E-state index in [4.69, 9.17) is 0 Å². The SMILES string of the molecule is CNC(Cc1nnn(C)n1)C1(c2ccccc2)CC1. The molecule has 3 rings (SSSR count). The molecule has 1 aromatic carbocycles. The molecule has 1 fully saturated rings. The minimum atomic E-state index is 0.245. The van der Waals surface area contributed by atoms with E-state index >= 15 is 0 Å². The van der Waals surface area contributed by atoms with E-state index in [0.29, 0.717) is 6.04 Å². The van der Waals surface area contributed by atoms with Crippen molar-refractivity contribution in [1.82, 2.24) is 25.5 Å². The summed E-state index contributed by atoms with van der Waals surface area (Å²) in [5.74, 6) is 0.809. The highest BCUT2D eigenvalue weighted by Crippen LogP contribution is 2.51. The van der Waals surface area contributed by atoms with E-state index < -0.39 is 0 Å². The lowest BCUT2D eigenvalue weighted by Crippen LogP contribution is -2.40. The Morgan fingerprint density at radius 3 is 2.58 bits per heavy atom. The molecule has 1 aromatic heterocycles. The molecule has 100 valence electrons. The van der Waals surface area contributed by atoms with Gasteiger partial charge < -0.3 is 5.32 Å². The van der Waals surface area contributed by atoms with Crippen LogP contribution in [0.5, 0.6) is 0 Å². The van der Waals surface area contributed by atoms with Gasteiger partial charge in [0.05, 0.1) is 7.05 Å². The second kappa shape index (κ2) is 4.74. The van der Waals surface area contributed by atoms with E-state index in [9.17, 15) is 0 Å². The minimum absolute atomic E-state index is 0.245. The number of hydrogen-bond donors (Lipinski definition) is 1. The van der Waals surface area contributed by atoms with E-state index in [1.165, 1.54) is 23.2 Å². The maximum atomic E-state index is 4.29. The number of likely N-dealkylation sites (N-methyl/N-ethyl adjacent to an activating group) is 1. The lowest BCUT2D eigenvalue weighted by molar-refractivity contribution is 0.434. The zero-order chi connectivity index (χ0) is 13.3. The summed E-state index contributed by atoms with van der Waals surface area (Å²) in [5, 5.41) is 15.7. The average Bonchev–Trinajstić information content (AvgIpc) is 3.15. The molecule has 2 aromatic rings. The van der Waals surface area contributed by atoms with Crippen LogP contribution in [-0.4, -0.2) is 33.3 Å². The van der Waals surface area contributed by atoms with E-state index in [-0.39, 0.29) is 5.41 Å². The van der Waals surface area contributed by atoms with Crippen molar-refractivity contribution in [1.29, 1.82) is 0 Å². The molecule has 0 amide bonds. The second-order valence-corrected chi connectivity index (χ2v) is 5.26.